The SMILES string of the molecule is C.O=[SH](=O)O. The highest BCUT2D eigenvalue weighted by Crippen LogP contribution is 1.27. The van der Waals surface area contributed by atoms with Crippen LogP contribution in [0.4, 0.5) is 0 Å². The van der Waals surface area contributed by atoms with E-state index in [1.807, 2.05) is 0 Å². The fraction of sp³-hybridized carbons (Fsp3) is 1.00. The van der Waals surface area contributed by atoms with Gasteiger partial charge in [-0.05, 0) is 0 Å². The Kier molecular flexibility index (Phi) is 6.93. The van der Waals surface area contributed by atoms with Crippen LogP contribution in [0.5, 0.6) is 0 Å². The molecule has 0 radical (unpaired) electrons. The number of hydrogen-bond donors (Lipinski definition) is 2. The number of rotatable bonds is 0. The summed E-state index contributed by atoms with van der Waals surface area (Å²) in [5.41, 5.74) is 0. The molecular formula is CH6O3S. The van der Waals surface area contributed by atoms with Crippen LogP contribution in [0.1, 0.15) is 7.43 Å². The summed E-state index contributed by atoms with van der Waals surface area (Å²) >= 11 is 0. The average Bonchev–Trinajstić information content (AvgIpc) is 0.811. The lowest BCUT2D eigenvalue weighted by atomic mass is 12.0. The third kappa shape index (κ3) is 1760. The van der Waals surface area contributed by atoms with Gasteiger partial charge < -0.3 is 0 Å². The first-order valence-corrected chi connectivity index (χ1v) is 1.70. The molecule has 0 saturated carbocycles. The Morgan fingerprint density at radius 2 is 1.40 bits per heavy atom. The molecule has 0 aromatic rings. The Morgan fingerprint density at radius 3 is 1.40 bits per heavy atom. The lowest BCUT2D eigenvalue weighted by molar-refractivity contribution is 0.509. The van der Waals surface area contributed by atoms with Crippen molar-refractivity contribution in [3.63, 3.8) is 0 Å². The molecule has 3 nitrogen and oxygen atoms in total. The van der Waals surface area contributed by atoms with Crippen molar-refractivity contribution in [1.82, 2.24) is 0 Å². The molecule has 0 saturated heterocycles. The van der Waals surface area contributed by atoms with Crippen LogP contribution in [0, 0.1) is 0 Å². The van der Waals surface area contributed by atoms with Gasteiger partial charge in [0.25, 0.3) is 11.0 Å². The predicted molar refractivity (Wildman–Crippen MR) is 19.7 cm³/mol. The lowest BCUT2D eigenvalue weighted by Crippen LogP contribution is -1.58. The summed E-state index contributed by atoms with van der Waals surface area (Å²) in [6.07, 6.45) is 0. The molecule has 0 atom stereocenters. The lowest BCUT2D eigenvalue weighted by Gasteiger charge is -1.43. The second-order valence-electron chi connectivity index (χ2n) is 0.238. The molecule has 0 amide bonds. The Labute approximate surface area is 32.4 Å². The van der Waals surface area contributed by atoms with Gasteiger partial charge in [0.1, 0.15) is 0 Å². The first-order valence-electron chi connectivity index (χ1n) is 0.565. The third-order valence-corrected chi connectivity index (χ3v) is 0. The fourth-order valence-corrected chi connectivity index (χ4v) is 0. The van der Waals surface area contributed by atoms with Crippen LogP contribution >= 0.6 is 0 Å². The van der Waals surface area contributed by atoms with Crippen molar-refractivity contribution in [1.29, 1.82) is 0 Å². The zero-order valence-corrected chi connectivity index (χ0v) is 2.61. The van der Waals surface area contributed by atoms with Crippen molar-refractivity contribution in [2.75, 3.05) is 0 Å². The van der Waals surface area contributed by atoms with Gasteiger partial charge in [0.15, 0.2) is 0 Å². The second kappa shape index (κ2) is 3.91. The first-order chi connectivity index (χ1) is 1.73. The second-order valence-corrected chi connectivity index (χ2v) is 0.714. The van der Waals surface area contributed by atoms with E-state index >= 15 is 0 Å². The van der Waals surface area contributed by atoms with E-state index in [1.54, 1.807) is 0 Å². The molecule has 0 bridgehead atoms. The van der Waals surface area contributed by atoms with Gasteiger partial charge in [-0.25, -0.2) is 8.42 Å². The monoisotopic (exact) mass is 98.0 g/mol. The average molecular weight is 98.1 g/mol. The molecule has 0 aliphatic rings. The van der Waals surface area contributed by atoms with Gasteiger partial charge in [-0.1, -0.05) is 7.43 Å². The zero-order chi connectivity index (χ0) is 3.58. The summed E-state index contributed by atoms with van der Waals surface area (Å²) < 4.78 is 24.2. The molecule has 0 spiro atoms. The normalized spacial score (nSPS) is 6.80. The van der Waals surface area contributed by atoms with Crippen LogP contribution in [0.15, 0.2) is 0 Å². The van der Waals surface area contributed by atoms with Crippen molar-refractivity contribution in [2.45, 2.75) is 7.43 Å². The maximum absolute atomic E-state index is 8.59. The molecule has 0 aromatic carbocycles. The van der Waals surface area contributed by atoms with Crippen molar-refractivity contribution >= 4 is 11.0 Å². The van der Waals surface area contributed by atoms with Gasteiger partial charge in [0.2, 0.25) is 0 Å². The highest BCUT2D eigenvalue weighted by Gasteiger charge is 1.44. The molecule has 0 unspecified atom stereocenters. The summed E-state index contributed by atoms with van der Waals surface area (Å²) in [6.45, 7) is 0. The maximum atomic E-state index is 8.59. The smallest absolute Gasteiger partial charge is 0.254 e. The largest absolute Gasteiger partial charge is 0.288 e. The van der Waals surface area contributed by atoms with E-state index in [-0.39, 0.29) is 7.43 Å². The van der Waals surface area contributed by atoms with E-state index in [0.717, 1.165) is 0 Å². The van der Waals surface area contributed by atoms with E-state index < -0.39 is 11.0 Å². The van der Waals surface area contributed by atoms with Gasteiger partial charge in [0, 0.05) is 0 Å². The van der Waals surface area contributed by atoms with Crippen LogP contribution < -0.4 is 0 Å². The Hall–Kier alpha value is -0.0900. The van der Waals surface area contributed by atoms with Gasteiger partial charge in [-0.15, -0.1) is 0 Å². The van der Waals surface area contributed by atoms with E-state index in [4.69, 9.17) is 13.0 Å². The third-order valence-electron chi connectivity index (χ3n) is 0. The standard InChI is InChI=1S/CH4.H2O3S/c;1-4(2)3/h1H4;4H,(H,1,2,3). The maximum Gasteiger partial charge on any atom is 0.254 e. The van der Waals surface area contributed by atoms with Crippen molar-refractivity contribution in [3.8, 4) is 0 Å². The molecule has 0 aromatic heterocycles. The fourth-order valence-electron chi connectivity index (χ4n) is 0. The van der Waals surface area contributed by atoms with E-state index in [2.05, 4.69) is 0 Å². The Balaban J connectivity index is 0. The van der Waals surface area contributed by atoms with Crippen molar-refractivity contribution in [2.24, 2.45) is 0 Å². The first kappa shape index (κ1) is 8.86. The van der Waals surface area contributed by atoms with Crippen molar-refractivity contribution in [3.05, 3.63) is 0 Å². The molecule has 0 aliphatic heterocycles. The number of thiol groups is 1. The molecule has 0 rings (SSSR count). The summed E-state index contributed by atoms with van der Waals surface area (Å²) in [7, 11) is -3.12. The highest BCUT2D eigenvalue weighted by atomic mass is 32.2. The van der Waals surface area contributed by atoms with Crippen LogP contribution in [-0.4, -0.2) is 13.0 Å². The quantitative estimate of drug-likeness (QED) is 0.323. The molecule has 0 heterocycles. The van der Waals surface area contributed by atoms with E-state index in [0.29, 0.717) is 0 Å². The summed E-state index contributed by atoms with van der Waals surface area (Å²) in [5, 5.41) is 0. The highest BCUT2D eigenvalue weighted by molar-refractivity contribution is 7.66. The summed E-state index contributed by atoms with van der Waals surface area (Å²) in [4.78, 5) is 0. The molecule has 34 valence electrons. The van der Waals surface area contributed by atoms with Gasteiger partial charge >= 0.3 is 0 Å². The molecule has 5 heavy (non-hydrogen) atoms. The van der Waals surface area contributed by atoms with Crippen molar-refractivity contribution < 1.29 is 13.0 Å². The van der Waals surface area contributed by atoms with Gasteiger partial charge in [-0.3, -0.25) is 4.55 Å². The van der Waals surface area contributed by atoms with Gasteiger partial charge in [0.05, 0.1) is 0 Å². The zero-order valence-electron chi connectivity index (χ0n) is 1.71. The summed E-state index contributed by atoms with van der Waals surface area (Å²) in [6, 6.07) is 0. The van der Waals surface area contributed by atoms with E-state index in [9.17, 15) is 0 Å². The predicted octanol–water partition coefficient (Wildman–Crippen LogP) is -0.293. The van der Waals surface area contributed by atoms with Crippen LogP contribution in [0.25, 0.3) is 0 Å². The summed E-state index contributed by atoms with van der Waals surface area (Å²) in [5.74, 6) is 0. The van der Waals surface area contributed by atoms with Gasteiger partial charge in [-0.2, -0.15) is 0 Å². The van der Waals surface area contributed by atoms with Crippen LogP contribution in [-0.2, 0) is 11.0 Å². The molecule has 1 N–H and O–H groups in total. The van der Waals surface area contributed by atoms with Crippen LogP contribution in [0.3, 0.4) is 0 Å². The minimum absolute atomic E-state index is 0. The topological polar surface area (TPSA) is 54.4 Å². The molecule has 4 heteroatoms. The minimum Gasteiger partial charge on any atom is -0.288 e. The minimum atomic E-state index is -3.12. The number of hydrogen-bond acceptors (Lipinski definition) is 2. The van der Waals surface area contributed by atoms with Crippen LogP contribution in [0.2, 0.25) is 0 Å². The molecule has 0 fully saturated rings. The molecule has 0 aliphatic carbocycles. The molecular weight excluding hydrogens is 92.1 g/mol. The van der Waals surface area contributed by atoms with E-state index in [1.165, 1.54) is 0 Å². The Bertz CT molecular complexity index is 55.3. The Morgan fingerprint density at radius 1 is 1.40 bits per heavy atom.